The molecule has 4 rings (SSSR count). The van der Waals surface area contributed by atoms with Gasteiger partial charge in [0.1, 0.15) is 6.04 Å². The number of rotatable bonds is 6. The van der Waals surface area contributed by atoms with Crippen LogP contribution in [0.1, 0.15) is 52.4 Å². The number of carbonyl (C=O) groups excluding carboxylic acids is 3. The molecule has 0 aromatic heterocycles. The molecule has 4 aliphatic rings. The van der Waals surface area contributed by atoms with Crippen molar-refractivity contribution in [3.8, 4) is 0 Å². The molecule has 24 heavy (non-hydrogen) atoms. The topological polar surface area (TPSA) is 98.5 Å². The van der Waals surface area contributed by atoms with Crippen LogP contribution in [0, 0.1) is 29.1 Å². The van der Waals surface area contributed by atoms with E-state index >= 15 is 0 Å². The van der Waals surface area contributed by atoms with Crippen molar-refractivity contribution in [2.45, 2.75) is 58.4 Å². The maximum absolute atomic E-state index is 13.0. The molecular weight excluding hydrogens is 308 g/mol. The highest BCUT2D eigenvalue weighted by Gasteiger charge is 2.55. The summed E-state index contributed by atoms with van der Waals surface area (Å²) in [5.41, 5.74) is 4.72. The first kappa shape index (κ1) is 17.2. The molecule has 0 aromatic rings. The minimum absolute atomic E-state index is 0.00340. The van der Waals surface area contributed by atoms with Crippen molar-refractivity contribution >= 4 is 17.8 Å². The molecule has 6 heteroatoms. The number of nitrogens with one attached hydrogen (secondary N) is 1. The first-order chi connectivity index (χ1) is 11.3. The third-order valence-corrected chi connectivity index (χ3v) is 6.08. The number of hydrogen-bond acceptors (Lipinski definition) is 4. The van der Waals surface area contributed by atoms with Crippen LogP contribution in [0.5, 0.6) is 0 Å². The molecule has 0 aromatic carbocycles. The van der Waals surface area contributed by atoms with Gasteiger partial charge >= 0.3 is 5.97 Å². The van der Waals surface area contributed by atoms with Gasteiger partial charge in [-0.25, -0.2) is 4.79 Å². The zero-order valence-electron chi connectivity index (χ0n) is 14.5. The molecule has 134 valence electrons. The van der Waals surface area contributed by atoms with E-state index in [1.54, 1.807) is 0 Å². The first-order valence-electron chi connectivity index (χ1n) is 9.05. The predicted octanol–water partition coefficient (Wildman–Crippen LogP) is 1.37. The summed E-state index contributed by atoms with van der Waals surface area (Å²) in [6, 6.07) is -0.732. The van der Waals surface area contributed by atoms with E-state index in [-0.39, 0.29) is 17.2 Å². The van der Waals surface area contributed by atoms with Crippen LogP contribution < -0.4 is 11.1 Å². The van der Waals surface area contributed by atoms with Crippen LogP contribution in [0.3, 0.4) is 0 Å². The molecule has 1 atom stereocenters. The summed E-state index contributed by atoms with van der Waals surface area (Å²) >= 11 is 0. The van der Waals surface area contributed by atoms with Crippen LogP contribution in [0.25, 0.3) is 0 Å². The van der Waals surface area contributed by atoms with Crippen molar-refractivity contribution in [3.63, 3.8) is 0 Å². The molecule has 0 saturated heterocycles. The van der Waals surface area contributed by atoms with Crippen molar-refractivity contribution in [2.75, 3.05) is 6.61 Å². The summed E-state index contributed by atoms with van der Waals surface area (Å²) in [5, 5.41) is 2.93. The average molecular weight is 336 g/mol. The third kappa shape index (κ3) is 3.28. The van der Waals surface area contributed by atoms with E-state index in [4.69, 9.17) is 10.5 Å². The van der Waals surface area contributed by atoms with Crippen LogP contribution in [0.4, 0.5) is 0 Å². The highest BCUT2D eigenvalue weighted by molar-refractivity contribution is 5.89. The van der Waals surface area contributed by atoms with Gasteiger partial charge in [0.05, 0.1) is 0 Å². The van der Waals surface area contributed by atoms with E-state index in [0.717, 1.165) is 19.3 Å². The summed E-state index contributed by atoms with van der Waals surface area (Å²) in [6.07, 6.45) is 6.65. The second-order valence-corrected chi connectivity index (χ2v) is 8.47. The zero-order valence-corrected chi connectivity index (χ0v) is 14.5. The Hall–Kier alpha value is -1.59. The number of amides is 2. The van der Waals surface area contributed by atoms with Gasteiger partial charge in [-0.1, -0.05) is 13.8 Å². The van der Waals surface area contributed by atoms with Crippen LogP contribution in [0.2, 0.25) is 0 Å². The van der Waals surface area contributed by atoms with Gasteiger partial charge in [0, 0.05) is 5.41 Å². The fourth-order valence-corrected chi connectivity index (χ4v) is 5.41. The molecule has 0 unspecified atom stereocenters. The molecule has 3 N–H and O–H groups in total. The Kier molecular flexibility index (Phi) is 4.58. The average Bonchev–Trinajstić information content (AvgIpc) is 2.48. The van der Waals surface area contributed by atoms with Crippen LogP contribution in [-0.4, -0.2) is 30.4 Å². The van der Waals surface area contributed by atoms with Crippen LogP contribution >= 0.6 is 0 Å². The van der Waals surface area contributed by atoms with Crippen molar-refractivity contribution in [1.82, 2.24) is 5.32 Å². The zero-order chi connectivity index (χ0) is 17.5. The molecule has 0 aliphatic heterocycles. The molecule has 4 aliphatic carbocycles. The molecule has 0 spiro atoms. The Balaban J connectivity index is 1.67. The largest absolute Gasteiger partial charge is 0.454 e. The Morgan fingerprint density at radius 1 is 1.08 bits per heavy atom. The quantitative estimate of drug-likeness (QED) is 0.716. The van der Waals surface area contributed by atoms with Gasteiger partial charge in [-0.05, 0) is 62.2 Å². The van der Waals surface area contributed by atoms with Crippen LogP contribution in [0.15, 0.2) is 0 Å². The Bertz CT molecular complexity index is 508. The fourth-order valence-electron chi connectivity index (χ4n) is 5.41. The summed E-state index contributed by atoms with van der Waals surface area (Å²) in [5.74, 6) is 0.614. The summed E-state index contributed by atoms with van der Waals surface area (Å²) < 4.78 is 4.92. The third-order valence-electron chi connectivity index (χ3n) is 6.08. The molecule has 0 radical (unpaired) electrons. The van der Waals surface area contributed by atoms with E-state index in [0.29, 0.717) is 17.8 Å². The van der Waals surface area contributed by atoms with Gasteiger partial charge in [-0.2, -0.15) is 0 Å². The Morgan fingerprint density at radius 3 is 2.00 bits per heavy atom. The minimum atomic E-state index is -0.732. The summed E-state index contributed by atoms with van der Waals surface area (Å²) in [6.45, 7) is 3.27. The number of carbonyl (C=O) groups is 3. The lowest BCUT2D eigenvalue weighted by Gasteiger charge is -2.55. The lowest BCUT2D eigenvalue weighted by molar-refractivity contribution is -0.156. The number of nitrogens with two attached hydrogens (primary N) is 1. The van der Waals surface area contributed by atoms with Gasteiger partial charge in [0.2, 0.25) is 5.91 Å². The Labute approximate surface area is 142 Å². The first-order valence-corrected chi connectivity index (χ1v) is 9.05. The van der Waals surface area contributed by atoms with Crippen molar-refractivity contribution in [2.24, 2.45) is 34.8 Å². The van der Waals surface area contributed by atoms with Crippen molar-refractivity contribution in [1.29, 1.82) is 0 Å². The van der Waals surface area contributed by atoms with Gasteiger partial charge in [-0.15, -0.1) is 0 Å². The standard InChI is InChI=1S/C18H28N2O4/c1-10(2)15(16(22)24-9-14(19)21)20-17(23)18-6-11-3-12(7-18)5-13(4-11)8-18/h10-13,15H,3-9H2,1-2H3,(H2,19,21)(H,20,23)/t11?,12?,13?,15-,18?/m0/s1. The number of esters is 1. The predicted molar refractivity (Wildman–Crippen MR) is 87.5 cm³/mol. The number of hydrogen-bond donors (Lipinski definition) is 2. The maximum Gasteiger partial charge on any atom is 0.329 e. The van der Waals surface area contributed by atoms with E-state index in [9.17, 15) is 14.4 Å². The molecule has 4 saturated carbocycles. The molecule has 0 heterocycles. The normalized spacial score (nSPS) is 34.9. The fraction of sp³-hybridized carbons (Fsp3) is 0.833. The second-order valence-electron chi connectivity index (χ2n) is 8.47. The summed E-state index contributed by atoms with van der Waals surface area (Å²) in [7, 11) is 0. The van der Waals surface area contributed by atoms with E-state index in [1.807, 2.05) is 13.8 Å². The summed E-state index contributed by atoms with van der Waals surface area (Å²) in [4.78, 5) is 36.1. The van der Waals surface area contributed by atoms with E-state index in [2.05, 4.69) is 5.32 Å². The molecular formula is C18H28N2O4. The van der Waals surface area contributed by atoms with Gasteiger partial charge in [-0.3, -0.25) is 9.59 Å². The highest BCUT2D eigenvalue weighted by atomic mass is 16.5. The molecule has 2 amide bonds. The molecule has 6 nitrogen and oxygen atoms in total. The van der Waals surface area contributed by atoms with Gasteiger partial charge in [0.25, 0.3) is 5.91 Å². The number of ether oxygens (including phenoxy) is 1. The number of primary amides is 1. The minimum Gasteiger partial charge on any atom is -0.454 e. The lowest BCUT2D eigenvalue weighted by atomic mass is 9.49. The Morgan fingerprint density at radius 2 is 1.58 bits per heavy atom. The van der Waals surface area contributed by atoms with Crippen molar-refractivity contribution in [3.05, 3.63) is 0 Å². The van der Waals surface area contributed by atoms with E-state index < -0.39 is 24.5 Å². The van der Waals surface area contributed by atoms with Crippen molar-refractivity contribution < 1.29 is 19.1 Å². The monoisotopic (exact) mass is 336 g/mol. The van der Waals surface area contributed by atoms with Gasteiger partial charge < -0.3 is 15.8 Å². The van der Waals surface area contributed by atoms with Crippen LogP contribution in [-0.2, 0) is 19.1 Å². The smallest absolute Gasteiger partial charge is 0.329 e. The maximum atomic E-state index is 13.0. The lowest BCUT2D eigenvalue weighted by Crippen LogP contribution is -2.57. The molecule has 4 bridgehead atoms. The SMILES string of the molecule is CC(C)[C@H](NC(=O)C12CC3CC(CC(C3)C1)C2)C(=O)OCC(N)=O. The second kappa shape index (κ2) is 6.37. The highest BCUT2D eigenvalue weighted by Crippen LogP contribution is 2.60. The molecule has 4 fully saturated rings. The van der Waals surface area contributed by atoms with E-state index in [1.165, 1.54) is 19.3 Å². The van der Waals surface area contributed by atoms with Gasteiger partial charge in [0.15, 0.2) is 6.61 Å².